The Bertz CT molecular complexity index is 806. The van der Waals surface area contributed by atoms with Crippen molar-refractivity contribution in [3.63, 3.8) is 0 Å². The Hall–Kier alpha value is -1.36. The lowest BCUT2D eigenvalue weighted by Gasteiger charge is -2.38. The number of allylic oxidation sites excluding steroid dienone is 1. The summed E-state index contributed by atoms with van der Waals surface area (Å²) in [7, 11) is 0. The smallest absolute Gasteiger partial charge is 0.333 e. The third kappa shape index (κ3) is 13.7. The van der Waals surface area contributed by atoms with E-state index in [1.54, 1.807) is 0 Å². The maximum absolute atomic E-state index is 12.9. The first-order valence-corrected chi connectivity index (χ1v) is 18.5. The van der Waals surface area contributed by atoms with Crippen LogP contribution in [0.2, 0.25) is 0 Å². The Kier molecular flexibility index (Phi) is 17.3. The predicted octanol–water partition coefficient (Wildman–Crippen LogP) is 10.3. The average molecular weight is 603 g/mol. The third-order valence-electron chi connectivity index (χ3n) is 11.0. The van der Waals surface area contributed by atoms with Gasteiger partial charge in [-0.15, -0.1) is 0 Å². The molecule has 43 heavy (non-hydrogen) atoms. The maximum atomic E-state index is 12.9. The number of esters is 2. The summed E-state index contributed by atoms with van der Waals surface area (Å²) in [4.78, 5) is 24.8. The molecule has 3 saturated carbocycles. The van der Waals surface area contributed by atoms with Crippen LogP contribution in [0.5, 0.6) is 0 Å². The molecule has 0 aromatic rings. The van der Waals surface area contributed by atoms with Crippen LogP contribution in [0.1, 0.15) is 169 Å². The van der Waals surface area contributed by atoms with E-state index in [0.29, 0.717) is 12.2 Å². The minimum Gasteiger partial charge on any atom is -0.462 e. The Morgan fingerprint density at radius 2 is 1.16 bits per heavy atom. The molecule has 0 bridgehead atoms. The molecule has 3 aliphatic carbocycles. The zero-order valence-electron chi connectivity index (χ0n) is 28.5. The Labute approximate surface area is 264 Å². The van der Waals surface area contributed by atoms with Crippen molar-refractivity contribution in [3.05, 3.63) is 11.1 Å². The fourth-order valence-electron chi connectivity index (χ4n) is 7.67. The number of ether oxygens (including phenoxy) is 3. The SMILES string of the molecule is CCCCCCCC1CCC(C2CCC(OC(=O)C3CCC(OCCCCCCOC(=O)C(C)=C(C)C)CC3)CC2)CC1. The van der Waals surface area contributed by atoms with Gasteiger partial charge in [-0.05, 0) is 122 Å². The van der Waals surface area contributed by atoms with E-state index in [1.807, 2.05) is 20.8 Å². The summed E-state index contributed by atoms with van der Waals surface area (Å²) < 4.78 is 17.5. The highest BCUT2D eigenvalue weighted by Crippen LogP contribution is 2.42. The molecule has 0 heterocycles. The molecule has 0 N–H and O–H groups in total. The second-order valence-electron chi connectivity index (χ2n) is 14.5. The second-order valence-corrected chi connectivity index (χ2v) is 14.5. The highest BCUT2D eigenvalue weighted by atomic mass is 16.5. The molecule has 248 valence electrons. The maximum Gasteiger partial charge on any atom is 0.333 e. The van der Waals surface area contributed by atoms with Gasteiger partial charge in [-0.3, -0.25) is 4.79 Å². The summed E-state index contributed by atoms with van der Waals surface area (Å²) in [6.45, 7) is 9.25. The van der Waals surface area contributed by atoms with Gasteiger partial charge in [0, 0.05) is 12.2 Å². The number of hydrogen-bond acceptors (Lipinski definition) is 5. The van der Waals surface area contributed by atoms with Crippen LogP contribution in [-0.2, 0) is 23.8 Å². The van der Waals surface area contributed by atoms with Crippen LogP contribution in [0.4, 0.5) is 0 Å². The molecular formula is C38H66O5. The van der Waals surface area contributed by atoms with Gasteiger partial charge in [-0.25, -0.2) is 4.79 Å². The summed E-state index contributed by atoms with van der Waals surface area (Å²) in [6, 6.07) is 0. The first kappa shape index (κ1) is 36.1. The van der Waals surface area contributed by atoms with Gasteiger partial charge >= 0.3 is 11.9 Å². The molecule has 3 aliphatic rings. The van der Waals surface area contributed by atoms with Crippen LogP contribution in [0, 0.1) is 23.7 Å². The fraction of sp³-hybridized carbons (Fsp3) is 0.895. The molecule has 0 aliphatic heterocycles. The second kappa shape index (κ2) is 20.6. The van der Waals surface area contributed by atoms with E-state index in [0.717, 1.165) is 94.1 Å². The van der Waals surface area contributed by atoms with Gasteiger partial charge in [0.25, 0.3) is 0 Å². The largest absolute Gasteiger partial charge is 0.462 e. The number of carbonyl (C=O) groups is 2. The molecule has 0 unspecified atom stereocenters. The molecule has 0 aromatic carbocycles. The summed E-state index contributed by atoms with van der Waals surface area (Å²) >= 11 is 0. The van der Waals surface area contributed by atoms with E-state index in [2.05, 4.69) is 6.92 Å². The minimum atomic E-state index is -0.193. The van der Waals surface area contributed by atoms with Crippen molar-refractivity contribution in [1.82, 2.24) is 0 Å². The van der Waals surface area contributed by atoms with E-state index in [-0.39, 0.29) is 30.1 Å². The van der Waals surface area contributed by atoms with Gasteiger partial charge in [-0.2, -0.15) is 0 Å². The standard InChI is InChI=1S/C38H66O5/c1-5-6-7-8-11-14-31-15-17-32(18-16-31)33-19-25-36(26-20-33)43-38(40)34-21-23-35(24-22-34)41-27-12-9-10-13-28-42-37(39)30(4)29(2)3/h31-36H,5-28H2,1-4H3. The number of unbranched alkanes of at least 4 members (excludes halogenated alkanes) is 7. The van der Waals surface area contributed by atoms with Crippen LogP contribution in [0.15, 0.2) is 11.1 Å². The van der Waals surface area contributed by atoms with Crippen molar-refractivity contribution in [2.24, 2.45) is 23.7 Å². The lowest BCUT2D eigenvalue weighted by atomic mass is 9.70. The summed E-state index contributed by atoms with van der Waals surface area (Å²) in [5.41, 5.74) is 1.72. The molecule has 0 aromatic heterocycles. The molecular weight excluding hydrogens is 536 g/mol. The van der Waals surface area contributed by atoms with Gasteiger partial charge in [0.1, 0.15) is 6.10 Å². The molecule has 0 saturated heterocycles. The van der Waals surface area contributed by atoms with Crippen molar-refractivity contribution in [2.75, 3.05) is 13.2 Å². The lowest BCUT2D eigenvalue weighted by Crippen LogP contribution is -2.33. The third-order valence-corrected chi connectivity index (χ3v) is 11.0. The van der Waals surface area contributed by atoms with Crippen molar-refractivity contribution in [2.45, 2.75) is 181 Å². The molecule has 3 rings (SSSR count). The Morgan fingerprint density at radius 1 is 0.605 bits per heavy atom. The fourth-order valence-corrected chi connectivity index (χ4v) is 7.67. The molecule has 3 fully saturated rings. The molecule has 0 atom stereocenters. The van der Waals surface area contributed by atoms with Gasteiger partial charge in [-0.1, -0.05) is 70.3 Å². The molecule has 0 amide bonds. The number of carbonyl (C=O) groups excluding carboxylic acids is 2. The monoisotopic (exact) mass is 602 g/mol. The van der Waals surface area contributed by atoms with Crippen molar-refractivity contribution in [3.8, 4) is 0 Å². The predicted molar refractivity (Wildman–Crippen MR) is 176 cm³/mol. The molecule has 0 radical (unpaired) electrons. The van der Waals surface area contributed by atoms with E-state index in [9.17, 15) is 9.59 Å². The highest BCUT2D eigenvalue weighted by Gasteiger charge is 2.34. The van der Waals surface area contributed by atoms with E-state index >= 15 is 0 Å². The number of rotatable bonds is 18. The van der Waals surface area contributed by atoms with E-state index in [1.165, 1.54) is 77.0 Å². The van der Waals surface area contributed by atoms with Crippen molar-refractivity contribution in [1.29, 1.82) is 0 Å². The molecule has 5 heteroatoms. The molecule has 5 nitrogen and oxygen atoms in total. The average Bonchev–Trinajstić information content (AvgIpc) is 3.02. The highest BCUT2D eigenvalue weighted by molar-refractivity contribution is 5.88. The minimum absolute atomic E-state index is 0.0572. The van der Waals surface area contributed by atoms with Gasteiger partial charge < -0.3 is 14.2 Å². The topological polar surface area (TPSA) is 61.8 Å². The normalized spacial score (nSPS) is 27.8. The summed E-state index contributed by atoms with van der Waals surface area (Å²) in [5.74, 6) is 2.70. The van der Waals surface area contributed by atoms with Gasteiger partial charge in [0.2, 0.25) is 0 Å². The molecule has 0 spiro atoms. The van der Waals surface area contributed by atoms with Crippen LogP contribution < -0.4 is 0 Å². The van der Waals surface area contributed by atoms with Gasteiger partial charge in [0.05, 0.1) is 18.6 Å². The van der Waals surface area contributed by atoms with Crippen LogP contribution in [0.25, 0.3) is 0 Å². The Balaban J connectivity index is 1.17. The zero-order valence-corrected chi connectivity index (χ0v) is 28.5. The Morgan fingerprint density at radius 3 is 1.79 bits per heavy atom. The van der Waals surface area contributed by atoms with Gasteiger partial charge in [0.15, 0.2) is 0 Å². The summed E-state index contributed by atoms with van der Waals surface area (Å²) in [6.07, 6.45) is 27.2. The van der Waals surface area contributed by atoms with Crippen molar-refractivity contribution < 1.29 is 23.8 Å². The van der Waals surface area contributed by atoms with Crippen molar-refractivity contribution >= 4 is 11.9 Å². The first-order valence-electron chi connectivity index (χ1n) is 18.5. The number of hydrogen-bond donors (Lipinski definition) is 0. The van der Waals surface area contributed by atoms with Crippen LogP contribution >= 0.6 is 0 Å². The van der Waals surface area contributed by atoms with Crippen LogP contribution in [0.3, 0.4) is 0 Å². The first-order chi connectivity index (χ1) is 20.9. The summed E-state index contributed by atoms with van der Waals surface area (Å²) in [5, 5.41) is 0. The zero-order chi connectivity index (χ0) is 30.9. The van der Waals surface area contributed by atoms with Crippen LogP contribution in [-0.4, -0.2) is 37.4 Å². The lowest BCUT2D eigenvalue weighted by molar-refractivity contribution is -0.158. The van der Waals surface area contributed by atoms with E-state index in [4.69, 9.17) is 14.2 Å². The van der Waals surface area contributed by atoms with E-state index < -0.39 is 0 Å². The quantitative estimate of drug-likeness (QED) is 0.0887.